The van der Waals surface area contributed by atoms with Gasteiger partial charge in [-0.15, -0.1) is 5.10 Å². The normalized spacial score (nSPS) is 16.1. The highest BCUT2D eigenvalue weighted by Gasteiger charge is 2.36. The maximum Gasteiger partial charge on any atom is 0.453 e. The van der Waals surface area contributed by atoms with Crippen LogP contribution in [0.5, 0.6) is 0 Å². The molecule has 2 aromatic heterocycles. The number of hydrogen-bond donors (Lipinski definition) is 0. The maximum absolute atomic E-state index is 12.4. The van der Waals surface area contributed by atoms with Crippen LogP contribution in [0.4, 0.5) is 13.2 Å². The Labute approximate surface area is 98.7 Å². The summed E-state index contributed by atoms with van der Waals surface area (Å²) < 4.78 is 38.2. The van der Waals surface area contributed by atoms with E-state index in [1.807, 2.05) is 0 Å². The quantitative estimate of drug-likeness (QED) is 0.719. The Morgan fingerprint density at radius 3 is 2.72 bits per heavy atom. The summed E-state index contributed by atoms with van der Waals surface area (Å²) in [5.74, 6) is -1.49. The van der Waals surface area contributed by atoms with Crippen molar-refractivity contribution >= 4 is 11.6 Å². The Balaban J connectivity index is 2.20. The Morgan fingerprint density at radius 1 is 1.22 bits per heavy atom. The molecule has 2 aromatic rings. The van der Waals surface area contributed by atoms with Gasteiger partial charge in [-0.25, -0.2) is 9.50 Å². The van der Waals surface area contributed by atoms with E-state index in [0.717, 1.165) is 4.52 Å². The lowest BCUT2D eigenvalue weighted by Gasteiger charge is -2.12. The molecule has 0 spiro atoms. The number of carbonyl (C=O) groups excluding carboxylic acids is 1. The molecule has 1 aliphatic rings. The molecule has 2 heterocycles. The van der Waals surface area contributed by atoms with Crippen molar-refractivity contribution in [3.8, 4) is 0 Å². The molecular formula is C10H7F3N4O. The maximum atomic E-state index is 12.4. The molecule has 0 N–H and O–H groups in total. The molecule has 0 saturated heterocycles. The molecule has 0 amide bonds. The molecule has 0 fully saturated rings. The summed E-state index contributed by atoms with van der Waals surface area (Å²) in [5, 5.41) is 3.29. The number of Topliss-reactive ketones (excluding diaryl/α,β-unsaturated/α-hetero) is 1. The molecule has 94 valence electrons. The SMILES string of the molecule is O=C1CCCc2nc3nc(C(F)(F)F)nn3cc21. The van der Waals surface area contributed by atoms with Gasteiger partial charge in [0.1, 0.15) is 0 Å². The lowest BCUT2D eigenvalue weighted by atomic mass is 9.96. The van der Waals surface area contributed by atoms with Crippen molar-refractivity contribution in [3.63, 3.8) is 0 Å². The van der Waals surface area contributed by atoms with Crippen molar-refractivity contribution in [1.82, 2.24) is 19.6 Å². The van der Waals surface area contributed by atoms with Crippen LogP contribution in [0.1, 0.15) is 34.7 Å². The number of fused-ring (bicyclic) bond motifs is 2. The van der Waals surface area contributed by atoms with Crippen LogP contribution in [0, 0.1) is 0 Å². The summed E-state index contributed by atoms with van der Waals surface area (Å²) in [6.07, 6.45) is -1.71. The van der Waals surface area contributed by atoms with E-state index in [9.17, 15) is 18.0 Å². The number of nitrogens with zero attached hydrogens (tertiary/aromatic N) is 4. The topological polar surface area (TPSA) is 60.2 Å². The highest BCUT2D eigenvalue weighted by atomic mass is 19.4. The van der Waals surface area contributed by atoms with Crippen LogP contribution in [-0.4, -0.2) is 25.4 Å². The van der Waals surface area contributed by atoms with Crippen molar-refractivity contribution < 1.29 is 18.0 Å². The number of alkyl halides is 3. The highest BCUT2D eigenvalue weighted by molar-refractivity contribution is 5.97. The third-order valence-electron chi connectivity index (χ3n) is 2.78. The van der Waals surface area contributed by atoms with Crippen LogP contribution in [0.15, 0.2) is 6.20 Å². The predicted molar refractivity (Wildman–Crippen MR) is 53.1 cm³/mol. The van der Waals surface area contributed by atoms with E-state index < -0.39 is 12.0 Å². The molecule has 0 bridgehead atoms. The number of ketones is 1. The molecule has 0 radical (unpaired) electrons. The first-order valence-electron chi connectivity index (χ1n) is 5.32. The summed E-state index contributed by atoms with van der Waals surface area (Å²) in [6.45, 7) is 0. The minimum absolute atomic E-state index is 0.116. The fraction of sp³-hybridized carbons (Fsp3) is 0.400. The molecule has 8 heteroatoms. The van der Waals surface area contributed by atoms with Gasteiger partial charge in [0.15, 0.2) is 5.78 Å². The third-order valence-corrected chi connectivity index (χ3v) is 2.78. The molecular weight excluding hydrogens is 249 g/mol. The predicted octanol–water partition coefficient (Wildman–Crippen LogP) is 1.66. The Hall–Kier alpha value is -1.99. The smallest absolute Gasteiger partial charge is 0.294 e. The van der Waals surface area contributed by atoms with E-state index in [0.29, 0.717) is 30.5 Å². The van der Waals surface area contributed by atoms with Gasteiger partial charge >= 0.3 is 6.18 Å². The highest BCUT2D eigenvalue weighted by Crippen LogP contribution is 2.27. The van der Waals surface area contributed by atoms with E-state index in [1.54, 1.807) is 0 Å². The molecule has 0 unspecified atom stereocenters. The average molecular weight is 256 g/mol. The van der Waals surface area contributed by atoms with Crippen LogP contribution < -0.4 is 0 Å². The molecule has 5 nitrogen and oxygen atoms in total. The second kappa shape index (κ2) is 3.50. The van der Waals surface area contributed by atoms with Crippen molar-refractivity contribution in [2.75, 3.05) is 0 Å². The number of aryl methyl sites for hydroxylation is 1. The zero-order valence-corrected chi connectivity index (χ0v) is 9.03. The van der Waals surface area contributed by atoms with Gasteiger partial charge in [0.25, 0.3) is 11.6 Å². The molecule has 0 saturated carbocycles. The third kappa shape index (κ3) is 1.64. The number of rotatable bonds is 0. The Morgan fingerprint density at radius 2 is 2.00 bits per heavy atom. The second-order valence-corrected chi connectivity index (χ2v) is 4.06. The van der Waals surface area contributed by atoms with E-state index in [4.69, 9.17) is 0 Å². The number of aromatic nitrogens is 4. The van der Waals surface area contributed by atoms with E-state index in [-0.39, 0.29) is 11.6 Å². The summed E-state index contributed by atoms with van der Waals surface area (Å²) in [5.41, 5.74) is 0.840. The van der Waals surface area contributed by atoms with Crippen LogP contribution in [0.2, 0.25) is 0 Å². The van der Waals surface area contributed by atoms with E-state index in [2.05, 4.69) is 15.1 Å². The van der Waals surface area contributed by atoms with Crippen molar-refractivity contribution in [3.05, 3.63) is 23.3 Å². The van der Waals surface area contributed by atoms with Crippen LogP contribution in [0.25, 0.3) is 5.78 Å². The zero-order chi connectivity index (χ0) is 12.9. The summed E-state index contributed by atoms with van der Waals surface area (Å²) >= 11 is 0. The van der Waals surface area contributed by atoms with E-state index in [1.165, 1.54) is 6.20 Å². The standard InChI is InChI=1S/C10H7F3N4O/c11-10(12,13)8-15-9-14-6-2-1-3-7(18)5(6)4-17(9)16-8/h4H,1-3H2. The number of hydrogen-bond acceptors (Lipinski definition) is 4. The fourth-order valence-electron chi connectivity index (χ4n) is 1.95. The largest absolute Gasteiger partial charge is 0.453 e. The van der Waals surface area contributed by atoms with Crippen LogP contribution in [0.3, 0.4) is 0 Å². The van der Waals surface area contributed by atoms with Gasteiger partial charge in [0, 0.05) is 12.6 Å². The van der Waals surface area contributed by atoms with Gasteiger partial charge in [0.2, 0.25) is 0 Å². The first-order valence-corrected chi connectivity index (χ1v) is 5.32. The van der Waals surface area contributed by atoms with Crippen LogP contribution >= 0.6 is 0 Å². The van der Waals surface area contributed by atoms with Crippen molar-refractivity contribution in [1.29, 1.82) is 0 Å². The van der Waals surface area contributed by atoms with Gasteiger partial charge in [-0.05, 0) is 12.8 Å². The first kappa shape index (κ1) is 11.1. The van der Waals surface area contributed by atoms with Gasteiger partial charge in [0.05, 0.1) is 11.3 Å². The van der Waals surface area contributed by atoms with Gasteiger partial charge < -0.3 is 0 Å². The van der Waals surface area contributed by atoms with E-state index >= 15 is 0 Å². The number of carbonyl (C=O) groups is 1. The Bertz CT molecular complexity index is 646. The van der Waals surface area contributed by atoms with Gasteiger partial charge in [-0.2, -0.15) is 18.2 Å². The minimum atomic E-state index is -4.61. The molecule has 0 aliphatic heterocycles. The lowest BCUT2D eigenvalue weighted by Crippen LogP contribution is -2.14. The molecule has 1 aliphatic carbocycles. The van der Waals surface area contributed by atoms with Crippen molar-refractivity contribution in [2.24, 2.45) is 0 Å². The van der Waals surface area contributed by atoms with Crippen molar-refractivity contribution in [2.45, 2.75) is 25.4 Å². The molecule has 0 atom stereocenters. The van der Waals surface area contributed by atoms with Gasteiger partial charge in [-0.3, -0.25) is 4.79 Å². The molecule has 18 heavy (non-hydrogen) atoms. The fourth-order valence-corrected chi connectivity index (χ4v) is 1.95. The monoisotopic (exact) mass is 256 g/mol. The summed E-state index contributed by atoms with van der Waals surface area (Å²) in [4.78, 5) is 18.9. The molecule has 3 rings (SSSR count). The van der Waals surface area contributed by atoms with Gasteiger partial charge in [-0.1, -0.05) is 0 Å². The summed E-state index contributed by atoms with van der Waals surface area (Å²) in [7, 11) is 0. The Kier molecular flexibility index (Phi) is 2.16. The first-order chi connectivity index (χ1) is 8.45. The molecule has 0 aromatic carbocycles. The summed E-state index contributed by atoms with van der Waals surface area (Å²) in [6, 6.07) is 0. The number of halogens is 3. The lowest BCUT2D eigenvalue weighted by molar-refractivity contribution is -0.144. The average Bonchev–Trinajstić information content (AvgIpc) is 2.69. The second-order valence-electron chi connectivity index (χ2n) is 4.06. The van der Waals surface area contributed by atoms with Crippen LogP contribution in [-0.2, 0) is 12.6 Å². The minimum Gasteiger partial charge on any atom is -0.294 e. The zero-order valence-electron chi connectivity index (χ0n) is 9.03.